The van der Waals surface area contributed by atoms with Gasteiger partial charge in [-0.05, 0) is 0 Å². The maximum atomic E-state index is 9.63. The summed E-state index contributed by atoms with van der Waals surface area (Å²) in [6.45, 7) is 0. The Bertz CT molecular complexity index is 157. The standard InChI is InChI=1S/Mg.H4O7P2.Sr.4H/c;1-8(2,3)7-9(4,5)6;;;;;/h;(H2,1,2,3)(H2,4,5,6);;;;;. The zero-order valence-electron chi connectivity index (χ0n) is 3.91. The van der Waals surface area contributed by atoms with Crippen molar-refractivity contribution in [1.82, 2.24) is 0 Å². The average molecular weight is 294 g/mol. The predicted molar refractivity (Wildman–Crippen MR) is 42.3 cm³/mol. The summed E-state index contributed by atoms with van der Waals surface area (Å²) in [4.78, 5) is 31.0. The van der Waals surface area contributed by atoms with Gasteiger partial charge >= 0.3 is 84.2 Å². The fraction of sp³-hybridized carbons (Fsp3) is 0. The predicted octanol–water partition coefficient (Wildman–Crippen LogP) is -2.64. The van der Waals surface area contributed by atoms with Crippen molar-refractivity contribution in [3.63, 3.8) is 0 Å². The Morgan fingerprint density at radius 2 is 1.09 bits per heavy atom. The molecule has 0 aromatic heterocycles. The fourth-order valence-corrected chi connectivity index (χ4v) is 1.25. The monoisotopic (exact) mass is 294 g/mol. The minimum atomic E-state index is -5.05. The number of hydrogen-bond donors (Lipinski definition) is 4. The van der Waals surface area contributed by atoms with Gasteiger partial charge in [0.05, 0.1) is 0 Å². The van der Waals surface area contributed by atoms with Gasteiger partial charge in [-0.2, -0.15) is 4.31 Å². The van der Waals surface area contributed by atoms with E-state index in [4.69, 9.17) is 19.6 Å². The van der Waals surface area contributed by atoms with Gasteiger partial charge in [-0.3, -0.25) is 0 Å². The minimum absolute atomic E-state index is 0. The Morgan fingerprint density at radius 3 is 1.09 bits per heavy atom. The second kappa shape index (κ2) is 6.89. The van der Waals surface area contributed by atoms with Crippen LogP contribution in [-0.4, -0.2) is 88.1 Å². The second-order valence-electron chi connectivity index (χ2n) is 1.06. The van der Waals surface area contributed by atoms with E-state index in [-0.39, 0.29) is 68.5 Å². The van der Waals surface area contributed by atoms with Gasteiger partial charge in [0.15, 0.2) is 0 Å². The third-order valence-electron chi connectivity index (χ3n) is 0.213. The van der Waals surface area contributed by atoms with E-state index in [2.05, 4.69) is 4.31 Å². The van der Waals surface area contributed by atoms with Gasteiger partial charge < -0.3 is 19.6 Å². The van der Waals surface area contributed by atoms with Crippen molar-refractivity contribution in [2.24, 2.45) is 0 Å². The molecule has 0 spiro atoms. The molecule has 4 N–H and O–H groups in total. The van der Waals surface area contributed by atoms with Crippen LogP contribution in [0.5, 0.6) is 0 Å². The molecule has 11 heavy (non-hydrogen) atoms. The summed E-state index contributed by atoms with van der Waals surface area (Å²) in [5.41, 5.74) is 0. The summed E-state index contributed by atoms with van der Waals surface area (Å²) in [5, 5.41) is 0. The van der Waals surface area contributed by atoms with E-state index in [0.29, 0.717) is 0 Å². The first kappa shape index (κ1) is 19.1. The van der Waals surface area contributed by atoms with Gasteiger partial charge in [-0.25, -0.2) is 9.13 Å². The van der Waals surface area contributed by atoms with Crippen LogP contribution >= 0.6 is 15.6 Å². The van der Waals surface area contributed by atoms with Gasteiger partial charge in [0, 0.05) is 0 Å². The first-order valence-electron chi connectivity index (χ1n) is 1.53. The third kappa shape index (κ3) is 19.1. The second-order valence-corrected chi connectivity index (χ2v) is 3.68. The molecule has 0 saturated heterocycles. The SMILES string of the molecule is O=P(O)(O)OP(=O)(O)O.[MgH2].[SrH2]. The molecule has 0 aliphatic heterocycles. The quantitative estimate of drug-likeness (QED) is 0.324. The van der Waals surface area contributed by atoms with Crippen LogP contribution < -0.4 is 0 Å². The van der Waals surface area contributed by atoms with E-state index in [0.717, 1.165) is 0 Å². The molecule has 0 heterocycles. The summed E-state index contributed by atoms with van der Waals surface area (Å²) < 4.78 is 22.2. The van der Waals surface area contributed by atoms with Crippen LogP contribution in [0.4, 0.5) is 0 Å². The van der Waals surface area contributed by atoms with Crippen molar-refractivity contribution in [2.45, 2.75) is 0 Å². The van der Waals surface area contributed by atoms with Crippen LogP contribution in [0.3, 0.4) is 0 Å². The Hall–Kier alpha value is 2.51. The van der Waals surface area contributed by atoms with E-state index >= 15 is 0 Å². The van der Waals surface area contributed by atoms with Gasteiger partial charge in [-0.15, -0.1) is 0 Å². The summed E-state index contributed by atoms with van der Waals surface area (Å²) in [5.74, 6) is 0. The van der Waals surface area contributed by atoms with E-state index in [1.54, 1.807) is 0 Å². The van der Waals surface area contributed by atoms with Crippen molar-refractivity contribution in [1.29, 1.82) is 0 Å². The third-order valence-corrected chi connectivity index (χ3v) is 1.91. The topological polar surface area (TPSA) is 124 Å². The molecule has 0 aliphatic carbocycles. The molecule has 0 aromatic carbocycles. The van der Waals surface area contributed by atoms with E-state index < -0.39 is 15.6 Å². The van der Waals surface area contributed by atoms with Crippen LogP contribution in [0, 0.1) is 0 Å². The molecule has 0 radical (unpaired) electrons. The molecule has 0 bridgehead atoms. The average Bonchev–Trinajstić information content (AvgIpc) is 1.14. The summed E-state index contributed by atoms with van der Waals surface area (Å²) >= 11 is 0. The molecule has 0 aliphatic rings. The summed E-state index contributed by atoms with van der Waals surface area (Å²) in [7, 11) is -10.1. The van der Waals surface area contributed by atoms with E-state index in [1.165, 1.54) is 0 Å². The normalized spacial score (nSPS) is 11.3. The number of phosphoric acid groups is 2. The van der Waals surface area contributed by atoms with Crippen molar-refractivity contribution in [3.05, 3.63) is 0 Å². The first-order chi connectivity index (χ1) is 3.71. The van der Waals surface area contributed by atoms with E-state index in [9.17, 15) is 9.13 Å². The Kier molecular flexibility index (Phi) is 12.0. The summed E-state index contributed by atoms with van der Waals surface area (Å²) in [6, 6.07) is 0. The van der Waals surface area contributed by atoms with Gasteiger partial charge in [0.2, 0.25) is 0 Å². The van der Waals surface area contributed by atoms with Gasteiger partial charge in [-0.1, -0.05) is 0 Å². The van der Waals surface area contributed by atoms with Crippen molar-refractivity contribution >= 4 is 84.2 Å². The van der Waals surface area contributed by atoms with E-state index in [1.807, 2.05) is 0 Å². The van der Waals surface area contributed by atoms with Gasteiger partial charge in [0.1, 0.15) is 0 Å². The number of hydrogen-bond acceptors (Lipinski definition) is 3. The number of rotatable bonds is 2. The molecular weight excluding hydrogens is 286 g/mol. The zero-order chi connectivity index (χ0) is 7.71. The van der Waals surface area contributed by atoms with Gasteiger partial charge in [0.25, 0.3) is 0 Å². The maximum absolute atomic E-state index is 9.63. The molecule has 0 amide bonds. The van der Waals surface area contributed by atoms with Crippen molar-refractivity contribution in [2.75, 3.05) is 0 Å². The van der Waals surface area contributed by atoms with Crippen LogP contribution in [0.15, 0.2) is 0 Å². The molecule has 64 valence electrons. The van der Waals surface area contributed by atoms with Crippen LogP contribution in [0.2, 0.25) is 0 Å². The molecular formula is H8MgO7P2Sr. The van der Waals surface area contributed by atoms with Crippen LogP contribution in [-0.2, 0) is 13.4 Å². The molecule has 0 rings (SSSR count). The summed E-state index contributed by atoms with van der Waals surface area (Å²) in [6.07, 6.45) is 0. The molecule has 0 unspecified atom stereocenters. The molecule has 0 fully saturated rings. The fourth-order valence-electron chi connectivity index (χ4n) is 0.139. The van der Waals surface area contributed by atoms with Crippen LogP contribution in [0.1, 0.15) is 0 Å². The Balaban J connectivity index is -0.000000320. The first-order valence-corrected chi connectivity index (χ1v) is 4.59. The van der Waals surface area contributed by atoms with Crippen molar-refractivity contribution in [3.8, 4) is 0 Å². The van der Waals surface area contributed by atoms with Crippen molar-refractivity contribution < 1.29 is 33.0 Å². The molecule has 0 saturated carbocycles. The zero-order valence-corrected chi connectivity index (χ0v) is 5.70. The Morgan fingerprint density at radius 1 is 0.909 bits per heavy atom. The molecule has 0 aromatic rings. The molecule has 7 nitrogen and oxygen atoms in total. The van der Waals surface area contributed by atoms with Crippen LogP contribution in [0.25, 0.3) is 0 Å². The molecule has 11 heteroatoms. The Labute approximate surface area is 115 Å². The molecule has 0 atom stereocenters.